The molecule has 0 unspecified atom stereocenters. The minimum Gasteiger partial charge on any atom is -0.508 e. The van der Waals surface area contributed by atoms with Gasteiger partial charge in [-0.05, 0) is 58.1 Å². The van der Waals surface area contributed by atoms with Gasteiger partial charge in [-0.2, -0.15) is 0 Å². The zero-order valence-corrected chi connectivity index (χ0v) is 18.3. The van der Waals surface area contributed by atoms with E-state index in [1.807, 2.05) is 6.92 Å². The molecule has 3 rings (SSSR count). The van der Waals surface area contributed by atoms with Crippen LogP contribution in [0.1, 0.15) is 39.2 Å². The molecule has 0 saturated heterocycles. The first-order valence-electron chi connectivity index (χ1n) is 10.3. The largest absolute Gasteiger partial charge is 0.508 e. The van der Waals surface area contributed by atoms with Gasteiger partial charge >= 0.3 is 0 Å². The Morgan fingerprint density at radius 1 is 1.06 bits per heavy atom. The molecule has 1 aromatic heterocycles. The van der Waals surface area contributed by atoms with Crippen molar-refractivity contribution < 1.29 is 29.9 Å². The van der Waals surface area contributed by atoms with Crippen molar-refractivity contribution in [1.82, 2.24) is 0 Å². The number of hydrogen-bond donors (Lipinski definition) is 5. The second-order valence-corrected chi connectivity index (χ2v) is 8.87. The summed E-state index contributed by atoms with van der Waals surface area (Å²) in [6.45, 7) is 9.30. The van der Waals surface area contributed by atoms with Crippen LogP contribution in [0.4, 0.5) is 0 Å². The first-order chi connectivity index (χ1) is 14.9. The molecule has 1 heterocycles. The molecule has 170 valence electrons. The van der Waals surface area contributed by atoms with Gasteiger partial charge in [-0.1, -0.05) is 12.2 Å². The quantitative estimate of drug-likeness (QED) is 0.340. The minimum atomic E-state index is -0.872. The van der Waals surface area contributed by atoms with Crippen LogP contribution >= 0.6 is 0 Å². The van der Waals surface area contributed by atoms with E-state index in [4.69, 9.17) is 4.42 Å². The van der Waals surface area contributed by atoms with Gasteiger partial charge in [0.2, 0.25) is 0 Å². The topological polar surface area (TPSA) is 131 Å². The zero-order chi connectivity index (χ0) is 23.8. The molecule has 0 radical (unpaired) electrons. The highest BCUT2D eigenvalue weighted by atomic mass is 16.3. The molecule has 0 aliphatic carbocycles. The van der Waals surface area contributed by atoms with Gasteiger partial charge in [0, 0.05) is 23.8 Å². The van der Waals surface area contributed by atoms with E-state index in [9.17, 15) is 30.3 Å². The van der Waals surface area contributed by atoms with Crippen molar-refractivity contribution in [1.29, 1.82) is 0 Å². The molecular weight excluding hydrogens is 412 g/mol. The highest BCUT2D eigenvalue weighted by Crippen LogP contribution is 2.39. The molecule has 5 N–H and O–H groups in total. The molecule has 7 nitrogen and oxygen atoms in total. The summed E-state index contributed by atoms with van der Waals surface area (Å²) in [7, 11) is 0. The molecule has 7 heteroatoms. The average molecular weight is 440 g/mol. The second kappa shape index (κ2) is 8.59. The van der Waals surface area contributed by atoms with Crippen LogP contribution in [0.5, 0.6) is 23.0 Å². The smallest absolute Gasteiger partial charge is 0.197 e. The van der Waals surface area contributed by atoms with Crippen LogP contribution < -0.4 is 5.43 Å². The number of benzene rings is 2. The van der Waals surface area contributed by atoms with Gasteiger partial charge in [0.1, 0.15) is 39.7 Å². The fraction of sp³-hybridized carbons (Fsp3) is 0.320. The molecule has 0 amide bonds. The second-order valence-electron chi connectivity index (χ2n) is 8.87. The molecule has 32 heavy (non-hydrogen) atoms. The maximum absolute atomic E-state index is 12.8. The van der Waals surface area contributed by atoms with E-state index in [1.54, 1.807) is 13.8 Å². The van der Waals surface area contributed by atoms with Gasteiger partial charge in [0.15, 0.2) is 5.43 Å². The number of rotatable bonds is 7. The molecule has 1 atom stereocenters. The standard InChI is InChI=1S/C25H28O7/c1-13(2)14(7-8-25(3,4)31)9-17-19(28)11-20(29)23-21(30)12-22(32-24(17)23)16-6-5-15(26)10-18(16)27/h5-6,10-12,14,26-29,31H,1,7-9H2,2-4H3/t14-/m0/s1. The number of aromatic hydroxyl groups is 4. The van der Waals surface area contributed by atoms with Crippen molar-refractivity contribution in [3.8, 4) is 34.3 Å². The predicted molar refractivity (Wildman–Crippen MR) is 122 cm³/mol. The Balaban J connectivity index is 2.18. The maximum Gasteiger partial charge on any atom is 0.197 e. The van der Waals surface area contributed by atoms with Crippen LogP contribution in [-0.4, -0.2) is 31.1 Å². The van der Waals surface area contributed by atoms with Crippen molar-refractivity contribution in [3.05, 3.63) is 58.3 Å². The van der Waals surface area contributed by atoms with Gasteiger partial charge in [-0.25, -0.2) is 0 Å². The SMILES string of the molecule is C=C(C)[C@@H](CCC(C)(C)O)Cc1c(O)cc(O)c2c(=O)cc(-c3ccc(O)cc3O)oc12. The lowest BCUT2D eigenvalue weighted by atomic mass is 9.85. The van der Waals surface area contributed by atoms with E-state index in [2.05, 4.69) is 6.58 Å². The highest BCUT2D eigenvalue weighted by molar-refractivity contribution is 5.89. The Morgan fingerprint density at radius 2 is 1.75 bits per heavy atom. The van der Waals surface area contributed by atoms with E-state index in [1.165, 1.54) is 12.1 Å². The summed E-state index contributed by atoms with van der Waals surface area (Å²) in [5.41, 5.74) is -0.0803. The Kier molecular flexibility index (Phi) is 6.23. The van der Waals surface area contributed by atoms with Crippen molar-refractivity contribution >= 4 is 11.0 Å². The summed E-state index contributed by atoms with van der Waals surface area (Å²) in [6, 6.07) is 6.11. The minimum absolute atomic E-state index is 0.00647. The summed E-state index contributed by atoms with van der Waals surface area (Å²) >= 11 is 0. The number of phenols is 4. The average Bonchev–Trinajstić information content (AvgIpc) is 2.65. The van der Waals surface area contributed by atoms with Crippen LogP contribution in [-0.2, 0) is 6.42 Å². The number of phenolic OH excluding ortho intramolecular Hbond substituents is 4. The number of aliphatic hydroxyl groups is 1. The van der Waals surface area contributed by atoms with Crippen LogP contribution in [0, 0.1) is 5.92 Å². The Hall–Kier alpha value is -3.45. The lowest BCUT2D eigenvalue weighted by molar-refractivity contribution is 0.0651. The third kappa shape index (κ3) is 4.89. The lowest BCUT2D eigenvalue weighted by Crippen LogP contribution is -2.21. The Labute approximate surface area is 185 Å². The molecule has 0 aliphatic heterocycles. The summed E-state index contributed by atoms with van der Waals surface area (Å²) < 4.78 is 5.93. The zero-order valence-electron chi connectivity index (χ0n) is 18.3. The van der Waals surface area contributed by atoms with Gasteiger partial charge in [-0.15, -0.1) is 0 Å². The van der Waals surface area contributed by atoms with E-state index in [-0.39, 0.29) is 51.9 Å². The number of fused-ring (bicyclic) bond motifs is 1. The number of allylic oxidation sites excluding steroid dienone is 1. The fourth-order valence-corrected chi connectivity index (χ4v) is 3.71. The van der Waals surface area contributed by atoms with E-state index in [0.717, 1.165) is 23.8 Å². The first kappa shape index (κ1) is 23.2. The van der Waals surface area contributed by atoms with E-state index < -0.39 is 16.8 Å². The molecule has 0 spiro atoms. The molecule has 0 bridgehead atoms. The molecular formula is C25H28O7. The Bertz CT molecular complexity index is 1230. The summed E-state index contributed by atoms with van der Waals surface area (Å²) in [5.74, 6) is -1.20. The van der Waals surface area contributed by atoms with E-state index >= 15 is 0 Å². The Morgan fingerprint density at radius 3 is 2.34 bits per heavy atom. The molecule has 0 saturated carbocycles. The number of hydrogen-bond acceptors (Lipinski definition) is 7. The molecule has 3 aromatic rings. The van der Waals surface area contributed by atoms with Gasteiger partial charge < -0.3 is 29.9 Å². The highest BCUT2D eigenvalue weighted by Gasteiger charge is 2.24. The summed E-state index contributed by atoms with van der Waals surface area (Å²) in [5, 5.41) is 50.7. The van der Waals surface area contributed by atoms with Crippen molar-refractivity contribution in [3.63, 3.8) is 0 Å². The normalized spacial score (nSPS) is 12.8. The van der Waals surface area contributed by atoms with Gasteiger partial charge in [0.05, 0.1) is 11.2 Å². The van der Waals surface area contributed by atoms with Crippen LogP contribution in [0.15, 0.2) is 51.7 Å². The summed E-state index contributed by atoms with van der Waals surface area (Å²) in [4.78, 5) is 12.8. The van der Waals surface area contributed by atoms with Gasteiger partial charge in [-0.3, -0.25) is 4.79 Å². The third-order valence-electron chi connectivity index (χ3n) is 5.56. The molecule has 0 aliphatic rings. The van der Waals surface area contributed by atoms with Crippen molar-refractivity contribution in [2.24, 2.45) is 5.92 Å². The third-order valence-corrected chi connectivity index (χ3v) is 5.56. The van der Waals surface area contributed by atoms with Crippen LogP contribution in [0.2, 0.25) is 0 Å². The monoisotopic (exact) mass is 440 g/mol. The molecule has 0 fully saturated rings. The lowest BCUT2D eigenvalue weighted by Gasteiger charge is -2.23. The fourth-order valence-electron chi connectivity index (χ4n) is 3.71. The van der Waals surface area contributed by atoms with Gasteiger partial charge in [0.25, 0.3) is 0 Å². The van der Waals surface area contributed by atoms with Crippen molar-refractivity contribution in [2.75, 3.05) is 0 Å². The maximum atomic E-state index is 12.8. The van der Waals surface area contributed by atoms with Crippen LogP contribution in [0.25, 0.3) is 22.3 Å². The predicted octanol–water partition coefficient (Wildman–Crippen LogP) is 4.57. The molecule has 2 aromatic carbocycles. The van der Waals surface area contributed by atoms with Crippen molar-refractivity contribution in [2.45, 2.75) is 45.6 Å². The van der Waals surface area contributed by atoms with E-state index in [0.29, 0.717) is 18.4 Å². The first-order valence-corrected chi connectivity index (χ1v) is 10.3. The summed E-state index contributed by atoms with van der Waals surface area (Å²) in [6.07, 6.45) is 1.35. The van der Waals surface area contributed by atoms with Crippen LogP contribution in [0.3, 0.4) is 0 Å².